The zero-order chi connectivity index (χ0) is 26.3. The summed E-state index contributed by atoms with van der Waals surface area (Å²) >= 11 is 1.04. The number of hydrogen-bond donors (Lipinski definition) is 2. The Morgan fingerprint density at radius 2 is 1.95 bits per heavy atom. The normalized spacial score (nSPS) is 16.9. The van der Waals surface area contributed by atoms with Crippen molar-refractivity contribution in [1.82, 2.24) is 4.98 Å². The van der Waals surface area contributed by atoms with Gasteiger partial charge in [-0.2, -0.15) is 0 Å². The van der Waals surface area contributed by atoms with Gasteiger partial charge in [-0.05, 0) is 55.0 Å². The van der Waals surface area contributed by atoms with Gasteiger partial charge in [0.25, 0.3) is 5.78 Å². The number of phenolic OH excluding ortho intramolecular Hbond substituents is 1. The number of hydrogen-bond acceptors (Lipinski definition) is 8. The number of aromatic nitrogens is 1. The smallest absolute Gasteiger partial charge is 0.301 e. The van der Waals surface area contributed by atoms with Gasteiger partial charge in [0.2, 0.25) is 0 Å². The molecule has 1 fully saturated rings. The molecule has 1 amide bonds. The molecule has 1 atom stereocenters. The first-order chi connectivity index (χ1) is 17.8. The van der Waals surface area contributed by atoms with Gasteiger partial charge in [0.15, 0.2) is 16.6 Å². The van der Waals surface area contributed by atoms with Crippen LogP contribution in [0.1, 0.15) is 24.1 Å². The van der Waals surface area contributed by atoms with Crippen LogP contribution >= 0.6 is 11.3 Å². The molecule has 188 valence electrons. The number of fused-ring (bicyclic) bond motifs is 1. The maximum Gasteiger partial charge on any atom is 0.301 e. The Morgan fingerprint density at radius 3 is 2.70 bits per heavy atom. The van der Waals surface area contributed by atoms with Gasteiger partial charge in [-0.1, -0.05) is 29.5 Å². The standard InChI is InChI=1S/C27H21FN2O6S/c1-3-36-17-6-4-5-15(11-17)24(32)22-23(14-7-10-19(31)20(12-14)35-2)30(26(34)25(22)33)27-29-18-9-8-16(28)13-21(18)37-27/h4-13,23,31-32H,3H2,1-2H3/b24-22+. The Hall–Kier alpha value is -4.44. The summed E-state index contributed by atoms with van der Waals surface area (Å²) in [5, 5.41) is 21.6. The topological polar surface area (TPSA) is 109 Å². The summed E-state index contributed by atoms with van der Waals surface area (Å²) in [6, 6.07) is 13.9. The van der Waals surface area contributed by atoms with E-state index in [-0.39, 0.29) is 27.8 Å². The third-order valence-corrected chi connectivity index (χ3v) is 6.95. The van der Waals surface area contributed by atoms with Gasteiger partial charge in [-0.25, -0.2) is 9.37 Å². The van der Waals surface area contributed by atoms with Crippen molar-refractivity contribution in [1.29, 1.82) is 0 Å². The number of nitrogens with zero attached hydrogens (tertiary/aromatic N) is 2. The summed E-state index contributed by atoms with van der Waals surface area (Å²) in [4.78, 5) is 32.4. The van der Waals surface area contributed by atoms with Crippen LogP contribution in [-0.4, -0.2) is 40.6 Å². The van der Waals surface area contributed by atoms with Gasteiger partial charge in [0.1, 0.15) is 17.3 Å². The van der Waals surface area contributed by atoms with Gasteiger partial charge in [-0.15, -0.1) is 0 Å². The lowest BCUT2D eigenvalue weighted by Gasteiger charge is -2.23. The molecule has 0 bridgehead atoms. The highest BCUT2D eigenvalue weighted by molar-refractivity contribution is 7.22. The van der Waals surface area contributed by atoms with E-state index in [2.05, 4.69) is 4.98 Å². The molecule has 0 spiro atoms. The second-order valence-corrected chi connectivity index (χ2v) is 9.18. The van der Waals surface area contributed by atoms with Gasteiger partial charge >= 0.3 is 5.91 Å². The summed E-state index contributed by atoms with van der Waals surface area (Å²) in [7, 11) is 1.37. The minimum Gasteiger partial charge on any atom is -0.507 e. The van der Waals surface area contributed by atoms with Crippen molar-refractivity contribution in [2.45, 2.75) is 13.0 Å². The molecule has 1 aromatic heterocycles. The quantitative estimate of drug-likeness (QED) is 0.205. The number of thiazole rings is 1. The molecule has 2 N–H and O–H groups in total. The first-order valence-corrected chi connectivity index (χ1v) is 12.1. The van der Waals surface area contributed by atoms with Crippen molar-refractivity contribution in [2.75, 3.05) is 18.6 Å². The maximum absolute atomic E-state index is 13.8. The van der Waals surface area contributed by atoms with E-state index >= 15 is 0 Å². The van der Waals surface area contributed by atoms with Crippen LogP contribution in [0.15, 0.2) is 66.2 Å². The van der Waals surface area contributed by atoms with Gasteiger partial charge in [0.05, 0.1) is 35.5 Å². The van der Waals surface area contributed by atoms with Crippen LogP contribution in [0, 0.1) is 5.82 Å². The number of halogens is 1. The Bertz CT molecular complexity index is 1580. The van der Waals surface area contributed by atoms with E-state index < -0.39 is 29.3 Å². The van der Waals surface area contributed by atoms with E-state index in [0.717, 1.165) is 11.3 Å². The predicted octanol–water partition coefficient (Wildman–Crippen LogP) is 5.17. The molecule has 0 radical (unpaired) electrons. The van der Waals surface area contributed by atoms with Crippen molar-refractivity contribution < 1.29 is 33.7 Å². The molecule has 1 unspecified atom stereocenters. The third kappa shape index (κ3) is 4.25. The molecule has 1 saturated heterocycles. The highest BCUT2D eigenvalue weighted by atomic mass is 32.1. The molecule has 0 saturated carbocycles. The highest BCUT2D eigenvalue weighted by Gasteiger charge is 2.48. The van der Waals surface area contributed by atoms with Crippen molar-refractivity contribution in [2.24, 2.45) is 0 Å². The number of methoxy groups -OCH3 is 1. The lowest BCUT2D eigenvalue weighted by molar-refractivity contribution is -0.132. The zero-order valence-corrected chi connectivity index (χ0v) is 20.6. The fourth-order valence-corrected chi connectivity index (χ4v) is 5.27. The number of aliphatic hydroxyl groups is 1. The molecule has 8 nitrogen and oxygen atoms in total. The van der Waals surface area contributed by atoms with E-state index in [4.69, 9.17) is 9.47 Å². The Morgan fingerprint density at radius 1 is 1.14 bits per heavy atom. The number of anilines is 1. The number of Topliss-reactive ketones (excluding diaryl/α,β-unsaturated/α-hetero) is 1. The molecule has 2 heterocycles. The van der Waals surface area contributed by atoms with E-state index in [1.54, 1.807) is 24.3 Å². The van der Waals surface area contributed by atoms with Crippen LogP contribution in [0.3, 0.4) is 0 Å². The molecule has 10 heteroatoms. The SMILES string of the molecule is CCOc1cccc(/C(O)=C2\C(=O)C(=O)N(c3nc4ccc(F)cc4s3)C2c2ccc(O)c(OC)c2)c1. The Balaban J connectivity index is 1.73. The Kier molecular flexibility index (Phi) is 6.26. The number of ketones is 1. The number of benzene rings is 3. The van der Waals surface area contributed by atoms with Crippen molar-refractivity contribution in [3.8, 4) is 17.2 Å². The molecule has 5 rings (SSSR count). The number of amides is 1. The molecule has 37 heavy (non-hydrogen) atoms. The fraction of sp³-hybridized carbons (Fsp3) is 0.148. The van der Waals surface area contributed by atoms with E-state index in [9.17, 15) is 24.2 Å². The summed E-state index contributed by atoms with van der Waals surface area (Å²) < 4.78 is 25.1. The van der Waals surface area contributed by atoms with Gasteiger partial charge < -0.3 is 19.7 Å². The Labute approximate surface area is 214 Å². The molecule has 4 aromatic rings. The van der Waals surface area contributed by atoms with Crippen molar-refractivity contribution in [3.63, 3.8) is 0 Å². The van der Waals surface area contributed by atoms with Crippen LogP contribution < -0.4 is 14.4 Å². The lowest BCUT2D eigenvalue weighted by atomic mass is 9.95. The minimum absolute atomic E-state index is 0.118. The molecular weight excluding hydrogens is 499 g/mol. The summed E-state index contributed by atoms with van der Waals surface area (Å²) in [6.45, 7) is 2.22. The van der Waals surface area contributed by atoms with Gasteiger partial charge in [0, 0.05) is 5.56 Å². The van der Waals surface area contributed by atoms with Crippen molar-refractivity contribution >= 4 is 44.1 Å². The number of carbonyl (C=O) groups excluding carboxylic acids is 2. The van der Waals surface area contributed by atoms with Crippen LogP contribution in [0.4, 0.5) is 9.52 Å². The number of rotatable bonds is 6. The predicted molar refractivity (Wildman–Crippen MR) is 137 cm³/mol. The van der Waals surface area contributed by atoms with E-state index in [0.29, 0.717) is 28.1 Å². The number of ether oxygens (including phenoxy) is 2. The molecular formula is C27H21FN2O6S. The van der Waals surface area contributed by atoms with Crippen LogP contribution in [0.25, 0.3) is 16.0 Å². The largest absolute Gasteiger partial charge is 0.507 e. The monoisotopic (exact) mass is 520 g/mol. The van der Waals surface area contributed by atoms with E-state index in [1.165, 1.54) is 48.4 Å². The fourth-order valence-electron chi connectivity index (χ4n) is 4.25. The van der Waals surface area contributed by atoms with Crippen LogP contribution in [0.5, 0.6) is 17.2 Å². The van der Waals surface area contributed by atoms with Crippen molar-refractivity contribution in [3.05, 3.63) is 83.2 Å². The average Bonchev–Trinajstić information content (AvgIpc) is 3.42. The van der Waals surface area contributed by atoms with Gasteiger partial charge in [-0.3, -0.25) is 14.5 Å². The minimum atomic E-state index is -1.10. The summed E-state index contributed by atoms with van der Waals surface area (Å²) in [5.74, 6) is -2.21. The molecule has 1 aliphatic rings. The first kappa shape index (κ1) is 24.3. The maximum atomic E-state index is 13.8. The number of carbonyl (C=O) groups is 2. The van der Waals surface area contributed by atoms with E-state index in [1.807, 2.05) is 6.92 Å². The molecule has 1 aliphatic heterocycles. The zero-order valence-electron chi connectivity index (χ0n) is 19.8. The second kappa shape index (κ2) is 9.55. The van der Waals surface area contributed by atoms with Crippen LogP contribution in [0.2, 0.25) is 0 Å². The highest BCUT2D eigenvalue weighted by Crippen LogP contribution is 2.45. The average molecular weight is 521 g/mol. The number of aromatic hydroxyl groups is 1. The molecule has 0 aliphatic carbocycles. The lowest BCUT2D eigenvalue weighted by Crippen LogP contribution is -2.29. The van der Waals surface area contributed by atoms with Crippen LogP contribution in [-0.2, 0) is 9.59 Å². The number of phenols is 1. The number of aliphatic hydroxyl groups excluding tert-OH is 1. The third-order valence-electron chi connectivity index (χ3n) is 5.93. The summed E-state index contributed by atoms with van der Waals surface area (Å²) in [6.07, 6.45) is 0. The second-order valence-electron chi connectivity index (χ2n) is 8.17. The first-order valence-electron chi connectivity index (χ1n) is 11.3. The summed E-state index contributed by atoms with van der Waals surface area (Å²) in [5.41, 5.74) is 0.958. The molecule has 3 aromatic carbocycles.